The molecule has 0 amide bonds. The quantitative estimate of drug-likeness (QED) is 0.269. The van der Waals surface area contributed by atoms with Gasteiger partial charge < -0.3 is 9.47 Å². The average molecular weight is 497 g/mol. The van der Waals surface area contributed by atoms with Gasteiger partial charge in [0.05, 0.1) is 31.0 Å². The number of aryl methyl sites for hydroxylation is 1. The first-order chi connectivity index (χ1) is 17.0. The molecule has 1 saturated heterocycles. The van der Waals surface area contributed by atoms with Crippen molar-refractivity contribution >= 4 is 28.6 Å². The van der Waals surface area contributed by atoms with Crippen LogP contribution in [-0.2, 0) is 16.0 Å². The maximum absolute atomic E-state index is 13.6. The van der Waals surface area contributed by atoms with Gasteiger partial charge in [-0.3, -0.25) is 14.7 Å². The molecule has 3 atom stereocenters. The van der Waals surface area contributed by atoms with Crippen LogP contribution in [-0.4, -0.2) is 48.5 Å². The van der Waals surface area contributed by atoms with E-state index >= 15 is 0 Å². The average Bonchev–Trinajstić information content (AvgIpc) is 2.88. The third-order valence-corrected chi connectivity index (χ3v) is 8.13. The number of hydrogen-bond acceptors (Lipinski definition) is 6. The third-order valence-electron chi connectivity index (χ3n) is 6.97. The maximum atomic E-state index is 13.6. The van der Waals surface area contributed by atoms with Crippen LogP contribution in [0.1, 0.15) is 31.7 Å². The Morgan fingerprint density at radius 3 is 2.86 bits per heavy atom. The highest BCUT2D eigenvalue weighted by Crippen LogP contribution is 2.34. The Balaban J connectivity index is 1.38. The molecule has 0 radical (unpaired) electrons. The van der Waals surface area contributed by atoms with Crippen molar-refractivity contribution in [3.63, 3.8) is 0 Å². The van der Waals surface area contributed by atoms with Gasteiger partial charge >= 0.3 is 5.97 Å². The van der Waals surface area contributed by atoms with E-state index in [2.05, 4.69) is 22.9 Å². The van der Waals surface area contributed by atoms with E-state index < -0.39 is 0 Å². The predicted octanol–water partition coefficient (Wildman–Crippen LogP) is 5.95. The van der Waals surface area contributed by atoms with Crippen LogP contribution < -0.4 is 4.74 Å². The van der Waals surface area contributed by atoms with E-state index in [1.165, 1.54) is 18.7 Å². The molecule has 1 aliphatic heterocycles. The number of carbonyl (C=O) groups excluding carboxylic acids is 1. The zero-order valence-electron chi connectivity index (χ0n) is 20.6. The highest BCUT2D eigenvalue weighted by molar-refractivity contribution is 7.99. The van der Waals surface area contributed by atoms with Crippen molar-refractivity contribution in [3.05, 3.63) is 66.1 Å². The van der Waals surface area contributed by atoms with E-state index in [-0.39, 0.29) is 29.0 Å². The summed E-state index contributed by atoms with van der Waals surface area (Å²) in [5.41, 5.74) is 2.22. The first kappa shape index (κ1) is 25.5. The molecule has 1 aromatic heterocycles. The molecule has 2 heterocycles. The van der Waals surface area contributed by atoms with Crippen molar-refractivity contribution in [1.29, 1.82) is 0 Å². The Morgan fingerprint density at radius 2 is 2.09 bits per heavy atom. The maximum Gasteiger partial charge on any atom is 0.310 e. The molecule has 0 spiro atoms. The number of nitrogens with zero attached hydrogens (tertiary/aromatic N) is 2. The van der Waals surface area contributed by atoms with Gasteiger partial charge in [0.15, 0.2) is 0 Å². The number of rotatable bonds is 9. The molecule has 3 aromatic rings. The van der Waals surface area contributed by atoms with Crippen molar-refractivity contribution in [3.8, 4) is 5.75 Å². The monoisotopic (exact) mass is 496 g/mol. The summed E-state index contributed by atoms with van der Waals surface area (Å²) < 4.78 is 24.2. The Morgan fingerprint density at radius 1 is 1.23 bits per heavy atom. The number of piperidine rings is 1. The fourth-order valence-electron chi connectivity index (χ4n) is 5.01. The van der Waals surface area contributed by atoms with E-state index in [4.69, 9.17) is 9.47 Å². The minimum absolute atomic E-state index is 0.137. The minimum atomic E-state index is -0.228. The van der Waals surface area contributed by atoms with Crippen LogP contribution in [0, 0.1) is 17.7 Å². The number of pyridine rings is 1. The molecule has 1 fully saturated rings. The Hall–Kier alpha value is -2.64. The van der Waals surface area contributed by atoms with Gasteiger partial charge in [0.1, 0.15) is 11.6 Å². The van der Waals surface area contributed by atoms with Gasteiger partial charge in [0.2, 0.25) is 0 Å². The molecule has 35 heavy (non-hydrogen) atoms. The minimum Gasteiger partial charge on any atom is -0.497 e. The molecular weight excluding hydrogens is 463 g/mol. The number of thioether (sulfide) groups is 1. The number of fused-ring (bicyclic) bond motifs is 1. The number of likely N-dealkylation sites (tertiary alicyclic amines) is 1. The van der Waals surface area contributed by atoms with Gasteiger partial charge in [-0.05, 0) is 93.1 Å². The van der Waals surface area contributed by atoms with E-state index in [0.29, 0.717) is 6.54 Å². The van der Waals surface area contributed by atoms with Gasteiger partial charge in [-0.2, -0.15) is 0 Å². The lowest BCUT2D eigenvalue weighted by atomic mass is 9.81. The third kappa shape index (κ3) is 6.33. The first-order valence-corrected chi connectivity index (χ1v) is 13.0. The van der Waals surface area contributed by atoms with Crippen LogP contribution >= 0.6 is 11.8 Å². The molecule has 2 aromatic carbocycles. The van der Waals surface area contributed by atoms with Gasteiger partial charge in [-0.1, -0.05) is 6.07 Å². The van der Waals surface area contributed by atoms with Crippen molar-refractivity contribution in [2.45, 2.75) is 42.9 Å². The number of ether oxygens (including phenoxy) is 2. The summed E-state index contributed by atoms with van der Waals surface area (Å²) in [4.78, 5) is 20.4. The molecular formula is C28H33FN2O3S. The molecule has 4 rings (SSSR count). The van der Waals surface area contributed by atoms with E-state index in [9.17, 15) is 9.18 Å². The molecule has 0 aliphatic carbocycles. The van der Waals surface area contributed by atoms with Gasteiger partial charge in [-0.15, -0.1) is 11.8 Å². The van der Waals surface area contributed by atoms with Gasteiger partial charge in [-0.25, -0.2) is 4.39 Å². The smallest absolute Gasteiger partial charge is 0.310 e. The second-order valence-corrected chi connectivity index (χ2v) is 10.5. The largest absolute Gasteiger partial charge is 0.497 e. The SMILES string of the molecule is COC(=O)[C@H]1CN(C(C)Sc2cccc(F)c2)CC[C@H]1CCCc1ccnc2ccc(OC)cc12. The van der Waals surface area contributed by atoms with Crippen molar-refractivity contribution in [2.75, 3.05) is 27.3 Å². The topological polar surface area (TPSA) is 51.7 Å². The lowest BCUT2D eigenvalue weighted by molar-refractivity contribution is -0.150. The first-order valence-electron chi connectivity index (χ1n) is 12.1. The second kappa shape index (κ2) is 11.9. The molecule has 1 aliphatic rings. The summed E-state index contributed by atoms with van der Waals surface area (Å²) in [6.45, 7) is 3.69. The molecule has 1 unspecified atom stereocenters. The van der Waals surface area contributed by atoms with Crippen molar-refractivity contribution in [1.82, 2.24) is 9.88 Å². The van der Waals surface area contributed by atoms with Crippen LogP contribution in [0.2, 0.25) is 0 Å². The van der Waals surface area contributed by atoms with Crippen LogP contribution in [0.15, 0.2) is 59.6 Å². The number of esters is 1. The number of methoxy groups -OCH3 is 2. The zero-order chi connectivity index (χ0) is 24.8. The number of hydrogen-bond donors (Lipinski definition) is 0. The molecule has 0 saturated carbocycles. The van der Waals surface area contributed by atoms with Gasteiger partial charge in [0.25, 0.3) is 0 Å². The fraction of sp³-hybridized carbons (Fsp3) is 0.429. The van der Waals surface area contributed by atoms with Crippen LogP contribution in [0.5, 0.6) is 5.75 Å². The summed E-state index contributed by atoms with van der Waals surface area (Å²) in [6, 6.07) is 14.7. The summed E-state index contributed by atoms with van der Waals surface area (Å²) in [7, 11) is 3.15. The zero-order valence-corrected chi connectivity index (χ0v) is 21.4. The second-order valence-electron chi connectivity index (χ2n) is 9.09. The Labute approximate surface area is 211 Å². The molecule has 0 N–H and O–H groups in total. The normalized spacial score (nSPS) is 19.4. The van der Waals surface area contributed by atoms with E-state index in [1.54, 1.807) is 31.0 Å². The molecule has 0 bridgehead atoms. The Kier molecular flexibility index (Phi) is 8.63. The summed E-state index contributed by atoms with van der Waals surface area (Å²) in [6.07, 6.45) is 5.68. The number of aromatic nitrogens is 1. The molecule has 5 nitrogen and oxygen atoms in total. The molecule has 7 heteroatoms. The Bertz CT molecular complexity index is 1160. The standard InChI is InChI=1S/C28H33FN2O3S/c1-19(35-24-9-5-8-22(29)16-24)31-15-13-21(26(18-31)28(32)34-3)7-4-6-20-12-14-30-27-11-10-23(33-2)17-25(20)27/h5,8-12,14,16-17,19,21,26H,4,6-7,13,15,18H2,1-3H3/t19?,21-,26+/m1/s1. The number of benzene rings is 2. The summed E-state index contributed by atoms with van der Waals surface area (Å²) in [5, 5.41) is 1.26. The predicted molar refractivity (Wildman–Crippen MR) is 138 cm³/mol. The highest BCUT2D eigenvalue weighted by atomic mass is 32.2. The number of carbonyl (C=O) groups is 1. The van der Waals surface area contributed by atoms with Crippen molar-refractivity contribution in [2.24, 2.45) is 11.8 Å². The summed E-state index contributed by atoms with van der Waals surface area (Å²) >= 11 is 1.62. The van der Waals surface area contributed by atoms with E-state index in [1.807, 2.05) is 30.5 Å². The molecule has 186 valence electrons. The van der Waals surface area contributed by atoms with Gasteiger partial charge in [0, 0.05) is 23.0 Å². The highest BCUT2D eigenvalue weighted by Gasteiger charge is 2.36. The lowest BCUT2D eigenvalue weighted by Crippen LogP contribution is -2.47. The van der Waals surface area contributed by atoms with E-state index in [0.717, 1.165) is 53.8 Å². The fourth-order valence-corrected chi connectivity index (χ4v) is 6.09. The summed E-state index contributed by atoms with van der Waals surface area (Å²) in [5.74, 6) is 0.594. The number of halogens is 1. The van der Waals surface area contributed by atoms with Crippen LogP contribution in [0.25, 0.3) is 10.9 Å². The lowest BCUT2D eigenvalue weighted by Gasteiger charge is -2.40. The van der Waals surface area contributed by atoms with Crippen molar-refractivity contribution < 1.29 is 18.7 Å². The van der Waals surface area contributed by atoms with Crippen LogP contribution in [0.3, 0.4) is 0 Å². The van der Waals surface area contributed by atoms with Crippen LogP contribution in [0.4, 0.5) is 4.39 Å².